The van der Waals surface area contributed by atoms with Crippen molar-refractivity contribution in [3.8, 4) is 0 Å². The van der Waals surface area contributed by atoms with Gasteiger partial charge in [0.2, 0.25) is 0 Å². The lowest BCUT2D eigenvalue weighted by molar-refractivity contribution is 0.174. The first kappa shape index (κ1) is 13.0. The standard InChI is InChI=1S/C15H18BrN3S/c16-10-4-5-12-11(9-10)17-15(20)19(12)14-6-8-18-7-2-1-3-13(14)18/h4-5,9,13-14H,1-3,6-8H2,(H,17,20). The van der Waals surface area contributed by atoms with Crippen LogP contribution < -0.4 is 0 Å². The molecule has 3 nitrogen and oxygen atoms in total. The molecule has 1 N–H and O–H groups in total. The second-order valence-electron chi connectivity index (χ2n) is 5.92. The van der Waals surface area contributed by atoms with Crippen LogP contribution >= 0.6 is 28.1 Å². The molecule has 4 rings (SSSR count). The fourth-order valence-corrected chi connectivity index (χ4v) is 4.66. The van der Waals surface area contributed by atoms with E-state index in [4.69, 9.17) is 12.2 Å². The van der Waals surface area contributed by atoms with Crippen molar-refractivity contribution in [1.29, 1.82) is 0 Å². The number of hydrogen-bond donors (Lipinski definition) is 1. The van der Waals surface area contributed by atoms with E-state index in [-0.39, 0.29) is 0 Å². The van der Waals surface area contributed by atoms with Crippen LogP contribution in [0.25, 0.3) is 11.0 Å². The van der Waals surface area contributed by atoms with E-state index in [0.717, 1.165) is 14.8 Å². The molecule has 2 aliphatic heterocycles. The smallest absolute Gasteiger partial charge is 0.178 e. The third-order valence-electron chi connectivity index (χ3n) is 4.83. The van der Waals surface area contributed by atoms with E-state index >= 15 is 0 Å². The molecule has 0 amide bonds. The average Bonchev–Trinajstić information content (AvgIpc) is 2.98. The van der Waals surface area contributed by atoms with Gasteiger partial charge in [-0.15, -0.1) is 0 Å². The number of piperidine rings is 1. The third-order valence-corrected chi connectivity index (χ3v) is 5.62. The number of nitrogens with zero attached hydrogens (tertiary/aromatic N) is 2. The van der Waals surface area contributed by atoms with Gasteiger partial charge >= 0.3 is 0 Å². The number of halogens is 1. The van der Waals surface area contributed by atoms with E-state index < -0.39 is 0 Å². The van der Waals surface area contributed by atoms with Gasteiger partial charge in [-0.3, -0.25) is 4.90 Å². The van der Waals surface area contributed by atoms with Gasteiger partial charge in [0.05, 0.1) is 17.1 Å². The number of aromatic nitrogens is 2. The molecular formula is C15H18BrN3S. The zero-order valence-electron chi connectivity index (χ0n) is 11.3. The van der Waals surface area contributed by atoms with Crippen LogP contribution in [0.15, 0.2) is 22.7 Å². The maximum atomic E-state index is 5.60. The van der Waals surface area contributed by atoms with Crippen LogP contribution in [0.5, 0.6) is 0 Å². The molecule has 0 bridgehead atoms. The van der Waals surface area contributed by atoms with Gasteiger partial charge in [-0.2, -0.15) is 0 Å². The van der Waals surface area contributed by atoms with Crippen molar-refractivity contribution >= 4 is 39.2 Å². The highest BCUT2D eigenvalue weighted by Crippen LogP contribution is 2.37. The summed E-state index contributed by atoms with van der Waals surface area (Å²) < 4.78 is 4.34. The van der Waals surface area contributed by atoms with Gasteiger partial charge in [0, 0.05) is 17.1 Å². The van der Waals surface area contributed by atoms with Crippen molar-refractivity contribution in [2.24, 2.45) is 0 Å². The Bertz CT molecular complexity index is 705. The summed E-state index contributed by atoms with van der Waals surface area (Å²) in [6.07, 6.45) is 5.26. The number of imidazole rings is 1. The van der Waals surface area contributed by atoms with Gasteiger partial charge in [-0.05, 0) is 56.2 Å². The van der Waals surface area contributed by atoms with Crippen LogP contribution in [0, 0.1) is 4.77 Å². The summed E-state index contributed by atoms with van der Waals surface area (Å²) in [4.78, 5) is 6.03. The number of nitrogens with one attached hydrogen (secondary N) is 1. The van der Waals surface area contributed by atoms with E-state index in [2.05, 4.69) is 48.6 Å². The Kier molecular flexibility index (Phi) is 3.24. The second-order valence-corrected chi connectivity index (χ2v) is 7.22. The Hall–Kier alpha value is -0.650. The first-order valence-corrected chi connectivity index (χ1v) is 8.58. The minimum Gasteiger partial charge on any atom is -0.331 e. The highest BCUT2D eigenvalue weighted by atomic mass is 79.9. The number of aromatic amines is 1. The summed E-state index contributed by atoms with van der Waals surface area (Å²) in [5, 5.41) is 0. The molecule has 0 spiro atoms. The van der Waals surface area contributed by atoms with Gasteiger partial charge in [0.1, 0.15) is 0 Å². The molecule has 1 aromatic carbocycles. The Morgan fingerprint density at radius 1 is 1.15 bits per heavy atom. The Labute approximate surface area is 132 Å². The van der Waals surface area contributed by atoms with Gasteiger partial charge in [0.25, 0.3) is 0 Å². The highest BCUT2D eigenvalue weighted by Gasteiger charge is 2.37. The molecule has 20 heavy (non-hydrogen) atoms. The van der Waals surface area contributed by atoms with Crippen molar-refractivity contribution in [2.45, 2.75) is 37.8 Å². The molecule has 0 aliphatic carbocycles. The zero-order chi connectivity index (χ0) is 13.7. The van der Waals surface area contributed by atoms with E-state index in [1.165, 1.54) is 44.3 Å². The fraction of sp³-hybridized carbons (Fsp3) is 0.533. The third kappa shape index (κ3) is 1.98. The maximum Gasteiger partial charge on any atom is 0.178 e. The average molecular weight is 352 g/mol. The molecule has 0 saturated carbocycles. The van der Waals surface area contributed by atoms with E-state index in [0.29, 0.717) is 12.1 Å². The van der Waals surface area contributed by atoms with Crippen LogP contribution in [0.4, 0.5) is 0 Å². The Morgan fingerprint density at radius 2 is 2.05 bits per heavy atom. The van der Waals surface area contributed by atoms with Gasteiger partial charge in [0.15, 0.2) is 4.77 Å². The van der Waals surface area contributed by atoms with Crippen molar-refractivity contribution < 1.29 is 0 Å². The number of fused-ring (bicyclic) bond motifs is 2. The Balaban J connectivity index is 1.82. The summed E-state index contributed by atoms with van der Waals surface area (Å²) in [7, 11) is 0. The van der Waals surface area contributed by atoms with Crippen molar-refractivity contribution in [2.75, 3.05) is 13.1 Å². The minimum atomic E-state index is 0.540. The lowest BCUT2D eigenvalue weighted by Gasteiger charge is -2.32. The molecule has 2 aromatic rings. The SMILES string of the molecule is S=c1[nH]c2cc(Br)ccc2n1C1CCN2CCCCC12. The van der Waals surface area contributed by atoms with Crippen molar-refractivity contribution in [3.63, 3.8) is 0 Å². The summed E-state index contributed by atoms with van der Waals surface area (Å²) in [6.45, 7) is 2.49. The predicted octanol–water partition coefficient (Wildman–Crippen LogP) is 4.26. The molecule has 0 radical (unpaired) electrons. The number of rotatable bonds is 1. The van der Waals surface area contributed by atoms with E-state index in [9.17, 15) is 0 Å². The predicted molar refractivity (Wildman–Crippen MR) is 87.7 cm³/mol. The molecule has 2 atom stereocenters. The normalized spacial score (nSPS) is 27.1. The first-order valence-electron chi connectivity index (χ1n) is 7.38. The number of hydrogen-bond acceptors (Lipinski definition) is 2. The monoisotopic (exact) mass is 351 g/mol. The molecule has 2 aliphatic rings. The molecule has 2 unspecified atom stereocenters. The summed E-state index contributed by atoms with van der Waals surface area (Å²) in [5.41, 5.74) is 2.38. The highest BCUT2D eigenvalue weighted by molar-refractivity contribution is 9.10. The first-order chi connectivity index (χ1) is 9.74. The molecule has 2 saturated heterocycles. The number of benzene rings is 1. The van der Waals surface area contributed by atoms with Crippen LogP contribution in [-0.4, -0.2) is 33.6 Å². The zero-order valence-corrected chi connectivity index (χ0v) is 13.7. The largest absolute Gasteiger partial charge is 0.331 e. The van der Waals surface area contributed by atoms with Crippen molar-refractivity contribution in [3.05, 3.63) is 27.4 Å². The van der Waals surface area contributed by atoms with Crippen LogP contribution in [0.3, 0.4) is 0 Å². The van der Waals surface area contributed by atoms with Gasteiger partial charge < -0.3 is 9.55 Å². The second kappa shape index (κ2) is 4.97. The quantitative estimate of drug-likeness (QED) is 0.776. The summed E-state index contributed by atoms with van der Waals surface area (Å²) in [5.74, 6) is 0. The van der Waals surface area contributed by atoms with E-state index in [1.54, 1.807) is 0 Å². The van der Waals surface area contributed by atoms with Gasteiger partial charge in [-0.25, -0.2) is 0 Å². The molecule has 106 valence electrons. The Morgan fingerprint density at radius 3 is 2.95 bits per heavy atom. The van der Waals surface area contributed by atoms with Crippen LogP contribution in [0.1, 0.15) is 31.7 Å². The fourth-order valence-electron chi connectivity index (χ4n) is 3.95. The molecule has 3 heterocycles. The summed E-state index contributed by atoms with van der Waals surface area (Å²) >= 11 is 9.13. The summed E-state index contributed by atoms with van der Waals surface area (Å²) in [6, 6.07) is 7.62. The minimum absolute atomic E-state index is 0.540. The molecular weight excluding hydrogens is 334 g/mol. The number of H-pyrrole nitrogens is 1. The molecule has 5 heteroatoms. The van der Waals surface area contributed by atoms with E-state index in [1.807, 2.05) is 0 Å². The van der Waals surface area contributed by atoms with Crippen molar-refractivity contribution in [1.82, 2.24) is 14.5 Å². The maximum absolute atomic E-state index is 5.60. The van der Waals surface area contributed by atoms with Gasteiger partial charge in [-0.1, -0.05) is 22.4 Å². The lowest BCUT2D eigenvalue weighted by Crippen LogP contribution is -2.37. The molecule has 2 fully saturated rings. The lowest BCUT2D eigenvalue weighted by atomic mass is 9.99. The van der Waals surface area contributed by atoms with Crippen LogP contribution in [0.2, 0.25) is 0 Å². The topological polar surface area (TPSA) is 24.0 Å². The van der Waals surface area contributed by atoms with Crippen LogP contribution in [-0.2, 0) is 0 Å². The molecule has 1 aromatic heterocycles.